The summed E-state index contributed by atoms with van der Waals surface area (Å²) in [6.07, 6.45) is 2.19. The van der Waals surface area contributed by atoms with E-state index in [9.17, 15) is 9.90 Å². The van der Waals surface area contributed by atoms with Crippen molar-refractivity contribution < 1.29 is 9.90 Å². The molecule has 0 aliphatic rings. The molecule has 1 aromatic rings. The minimum atomic E-state index is -0.893. The van der Waals surface area contributed by atoms with Crippen LogP contribution < -0.4 is 5.32 Å². The Morgan fingerprint density at radius 1 is 1.29 bits per heavy atom. The van der Waals surface area contributed by atoms with Gasteiger partial charge in [-0.1, -0.05) is 25.5 Å². The normalized spacial score (nSPS) is 11.3. The molecule has 2 N–H and O–H groups in total. The van der Waals surface area contributed by atoms with E-state index in [-0.39, 0.29) is 5.91 Å². The molecule has 0 saturated heterocycles. The second kappa shape index (κ2) is 8.03. The Morgan fingerprint density at radius 2 is 1.95 bits per heavy atom. The van der Waals surface area contributed by atoms with Crippen LogP contribution in [0.4, 0.5) is 5.69 Å². The summed E-state index contributed by atoms with van der Waals surface area (Å²) >= 11 is 0. The smallest absolute Gasteiger partial charge is 0.256 e. The number of hydrogen-bond acceptors (Lipinski definition) is 3. The summed E-state index contributed by atoms with van der Waals surface area (Å²) in [7, 11) is 0. The van der Waals surface area contributed by atoms with E-state index in [1.807, 2.05) is 31.2 Å². The number of unbranched alkanes of at least 4 members (excludes halogenated alkanes) is 1. The second-order valence-corrected chi connectivity index (χ2v) is 5.96. The molecule has 0 unspecified atom stereocenters. The van der Waals surface area contributed by atoms with Crippen molar-refractivity contribution >= 4 is 11.6 Å². The van der Waals surface area contributed by atoms with Gasteiger partial charge in [-0.2, -0.15) is 0 Å². The fourth-order valence-electron chi connectivity index (χ4n) is 2.19. The maximum absolute atomic E-state index is 12.7. The zero-order chi connectivity index (χ0) is 15.9. The number of nitrogens with zero attached hydrogens (tertiary/aromatic N) is 1. The fraction of sp³-hybridized carbons (Fsp3) is 0.588. The first-order valence-electron chi connectivity index (χ1n) is 7.73. The Kier molecular flexibility index (Phi) is 6.69. The van der Waals surface area contributed by atoms with Crippen molar-refractivity contribution in [1.29, 1.82) is 0 Å². The summed E-state index contributed by atoms with van der Waals surface area (Å²) in [5.74, 6) is -0.0424. The number of carbonyl (C=O) groups is 1. The van der Waals surface area contributed by atoms with Crippen LogP contribution in [-0.2, 0) is 0 Å². The number of likely N-dealkylation sites (N-methyl/N-ethyl adjacent to an activating group) is 1. The molecule has 118 valence electrons. The summed E-state index contributed by atoms with van der Waals surface area (Å²) in [6.45, 7) is 9.26. The third-order valence-electron chi connectivity index (χ3n) is 3.25. The summed E-state index contributed by atoms with van der Waals surface area (Å²) in [6, 6.07) is 7.57. The lowest BCUT2D eigenvalue weighted by Crippen LogP contribution is -2.42. The van der Waals surface area contributed by atoms with E-state index in [1.165, 1.54) is 0 Å². The molecular weight excluding hydrogens is 264 g/mol. The van der Waals surface area contributed by atoms with Crippen LogP contribution in [0.1, 0.15) is 50.9 Å². The number of rotatable bonds is 8. The highest BCUT2D eigenvalue weighted by molar-refractivity contribution is 5.99. The van der Waals surface area contributed by atoms with Gasteiger partial charge in [-0.15, -0.1) is 0 Å². The van der Waals surface area contributed by atoms with Crippen LogP contribution in [-0.4, -0.2) is 41.1 Å². The predicted octanol–water partition coefficient (Wildman–Crippen LogP) is 3.13. The topological polar surface area (TPSA) is 52.6 Å². The first kappa shape index (κ1) is 17.5. The number of carbonyl (C=O) groups excluding carboxylic acids is 1. The van der Waals surface area contributed by atoms with E-state index in [2.05, 4.69) is 12.2 Å². The summed E-state index contributed by atoms with van der Waals surface area (Å²) < 4.78 is 0. The van der Waals surface area contributed by atoms with Crippen molar-refractivity contribution in [3.05, 3.63) is 29.8 Å². The van der Waals surface area contributed by atoms with Gasteiger partial charge in [0.05, 0.1) is 11.2 Å². The maximum Gasteiger partial charge on any atom is 0.256 e. The minimum Gasteiger partial charge on any atom is -0.389 e. The van der Waals surface area contributed by atoms with Gasteiger partial charge in [-0.05, 0) is 39.3 Å². The lowest BCUT2D eigenvalue weighted by atomic mass is 10.1. The number of nitrogens with one attached hydrogen (secondary N) is 1. The van der Waals surface area contributed by atoms with Gasteiger partial charge in [0.15, 0.2) is 0 Å². The maximum atomic E-state index is 12.7. The van der Waals surface area contributed by atoms with Crippen LogP contribution in [0.5, 0.6) is 0 Å². The molecule has 0 aliphatic carbocycles. The standard InChI is InChI=1S/C17H28N2O2/c1-5-7-12-18-15-11-9-8-10-14(15)16(20)19(6-2)13-17(3,4)21/h8-11,18,21H,5-7,12-13H2,1-4H3. The van der Waals surface area contributed by atoms with E-state index < -0.39 is 5.60 Å². The zero-order valence-corrected chi connectivity index (χ0v) is 13.6. The monoisotopic (exact) mass is 292 g/mol. The number of amides is 1. The molecule has 1 amide bonds. The summed E-state index contributed by atoms with van der Waals surface area (Å²) in [5, 5.41) is 13.3. The molecule has 1 aromatic carbocycles. The molecule has 0 fully saturated rings. The Labute approximate surface area is 128 Å². The SMILES string of the molecule is CCCCNc1ccccc1C(=O)N(CC)CC(C)(C)O. The van der Waals surface area contributed by atoms with Crippen molar-refractivity contribution in [3.8, 4) is 0 Å². The van der Waals surface area contributed by atoms with Crippen molar-refractivity contribution in [3.63, 3.8) is 0 Å². The van der Waals surface area contributed by atoms with Gasteiger partial charge in [0.2, 0.25) is 0 Å². The van der Waals surface area contributed by atoms with Gasteiger partial charge in [0.1, 0.15) is 0 Å². The Morgan fingerprint density at radius 3 is 2.52 bits per heavy atom. The molecule has 0 bridgehead atoms. The molecule has 1 rings (SSSR count). The van der Waals surface area contributed by atoms with E-state index in [0.717, 1.165) is 25.1 Å². The average molecular weight is 292 g/mol. The van der Waals surface area contributed by atoms with Crippen molar-refractivity contribution in [1.82, 2.24) is 4.90 Å². The number of hydrogen-bond donors (Lipinski definition) is 2. The Balaban J connectivity index is 2.89. The van der Waals surface area contributed by atoms with Crippen molar-refractivity contribution in [2.45, 2.75) is 46.1 Å². The highest BCUT2D eigenvalue weighted by Gasteiger charge is 2.23. The number of aliphatic hydroxyl groups is 1. The van der Waals surface area contributed by atoms with Crippen molar-refractivity contribution in [2.75, 3.05) is 25.0 Å². The van der Waals surface area contributed by atoms with Gasteiger partial charge in [-0.3, -0.25) is 4.79 Å². The quantitative estimate of drug-likeness (QED) is 0.724. The van der Waals surface area contributed by atoms with E-state index >= 15 is 0 Å². The van der Waals surface area contributed by atoms with Gasteiger partial charge in [0.25, 0.3) is 5.91 Å². The first-order chi connectivity index (χ1) is 9.89. The molecule has 0 aliphatic heterocycles. The molecule has 4 heteroatoms. The highest BCUT2D eigenvalue weighted by Crippen LogP contribution is 2.18. The molecule has 0 spiro atoms. The molecule has 0 aromatic heterocycles. The van der Waals surface area contributed by atoms with Crippen LogP contribution in [0.3, 0.4) is 0 Å². The number of para-hydroxylation sites is 1. The molecule has 0 heterocycles. The van der Waals surface area contributed by atoms with Gasteiger partial charge >= 0.3 is 0 Å². The van der Waals surface area contributed by atoms with E-state index in [4.69, 9.17) is 0 Å². The molecular formula is C17H28N2O2. The summed E-state index contributed by atoms with van der Waals surface area (Å²) in [5.41, 5.74) is 0.640. The molecule has 4 nitrogen and oxygen atoms in total. The molecule has 0 atom stereocenters. The Bertz CT molecular complexity index is 452. The Hall–Kier alpha value is -1.55. The predicted molar refractivity (Wildman–Crippen MR) is 87.7 cm³/mol. The van der Waals surface area contributed by atoms with E-state index in [1.54, 1.807) is 18.7 Å². The van der Waals surface area contributed by atoms with Gasteiger partial charge in [-0.25, -0.2) is 0 Å². The molecule has 0 saturated carbocycles. The third-order valence-corrected chi connectivity index (χ3v) is 3.25. The lowest BCUT2D eigenvalue weighted by molar-refractivity contribution is 0.0315. The highest BCUT2D eigenvalue weighted by atomic mass is 16.3. The first-order valence-corrected chi connectivity index (χ1v) is 7.73. The lowest BCUT2D eigenvalue weighted by Gasteiger charge is -2.28. The fourth-order valence-corrected chi connectivity index (χ4v) is 2.19. The van der Waals surface area contributed by atoms with Crippen LogP contribution >= 0.6 is 0 Å². The number of benzene rings is 1. The van der Waals surface area contributed by atoms with Crippen molar-refractivity contribution in [2.24, 2.45) is 0 Å². The van der Waals surface area contributed by atoms with Crippen LogP contribution in [0.15, 0.2) is 24.3 Å². The van der Waals surface area contributed by atoms with Crippen LogP contribution in [0, 0.1) is 0 Å². The largest absolute Gasteiger partial charge is 0.389 e. The molecule has 0 radical (unpaired) electrons. The van der Waals surface area contributed by atoms with Gasteiger partial charge in [0, 0.05) is 25.3 Å². The summed E-state index contributed by atoms with van der Waals surface area (Å²) in [4.78, 5) is 14.4. The van der Waals surface area contributed by atoms with Crippen LogP contribution in [0.2, 0.25) is 0 Å². The third kappa shape index (κ3) is 5.76. The molecule has 21 heavy (non-hydrogen) atoms. The average Bonchev–Trinajstić information content (AvgIpc) is 2.44. The van der Waals surface area contributed by atoms with Crippen LogP contribution in [0.25, 0.3) is 0 Å². The minimum absolute atomic E-state index is 0.0424. The number of anilines is 1. The second-order valence-electron chi connectivity index (χ2n) is 5.96. The zero-order valence-electron chi connectivity index (χ0n) is 13.6. The van der Waals surface area contributed by atoms with Gasteiger partial charge < -0.3 is 15.3 Å². The van der Waals surface area contributed by atoms with E-state index in [0.29, 0.717) is 18.7 Å².